The van der Waals surface area contributed by atoms with Crippen LogP contribution in [0.1, 0.15) is 206 Å². The van der Waals surface area contributed by atoms with Crippen LogP contribution < -0.4 is 0 Å². The standard InChI is InChI=1S/C45H80O5/c1-3-5-7-9-11-13-15-17-19-21-22-24-26-28-30-32-34-36-38-40-45(48)50-43(41-46)42-49-44(47)39-37-35-33-31-29-27-25-23-20-18-16-14-12-10-8-6-4-2/h12,14,18,20,25,27,31,33,43,46H,3-11,13,15-17,19,21-24,26,28-30,32,34-42H2,1-2H3/b14-12-,20-18-,27-25-,33-31-/t43-/m0/s1. The highest BCUT2D eigenvalue weighted by atomic mass is 16.6. The van der Waals surface area contributed by atoms with Crippen LogP contribution in [0.3, 0.4) is 0 Å². The Balaban J connectivity index is 3.60. The Hall–Kier alpha value is -2.14. The molecule has 0 heterocycles. The van der Waals surface area contributed by atoms with E-state index < -0.39 is 6.10 Å². The molecule has 0 aromatic carbocycles. The molecule has 290 valence electrons. The Bertz CT molecular complexity index is 842. The van der Waals surface area contributed by atoms with E-state index in [4.69, 9.17) is 9.47 Å². The van der Waals surface area contributed by atoms with Crippen molar-refractivity contribution in [3.8, 4) is 0 Å². The predicted molar refractivity (Wildman–Crippen MR) is 214 cm³/mol. The van der Waals surface area contributed by atoms with Crippen molar-refractivity contribution in [1.82, 2.24) is 0 Å². The number of esters is 2. The zero-order valence-electron chi connectivity index (χ0n) is 32.9. The number of carbonyl (C=O) groups is 2. The molecule has 1 atom stereocenters. The number of aliphatic hydroxyl groups excluding tert-OH is 1. The molecule has 0 unspecified atom stereocenters. The molecular weight excluding hydrogens is 620 g/mol. The van der Waals surface area contributed by atoms with Crippen molar-refractivity contribution in [3.63, 3.8) is 0 Å². The zero-order chi connectivity index (χ0) is 36.4. The summed E-state index contributed by atoms with van der Waals surface area (Å²) in [4.78, 5) is 24.3. The molecule has 1 N–H and O–H groups in total. The molecule has 0 radical (unpaired) electrons. The molecule has 0 aromatic rings. The Labute approximate surface area is 309 Å². The van der Waals surface area contributed by atoms with Gasteiger partial charge < -0.3 is 14.6 Å². The van der Waals surface area contributed by atoms with Crippen LogP contribution in [0.2, 0.25) is 0 Å². The molecule has 5 nitrogen and oxygen atoms in total. The average Bonchev–Trinajstić information content (AvgIpc) is 3.12. The third-order valence-electron chi connectivity index (χ3n) is 9.13. The molecule has 0 rings (SSSR count). The second-order valence-corrected chi connectivity index (χ2v) is 14.1. The summed E-state index contributed by atoms with van der Waals surface area (Å²) in [7, 11) is 0. The van der Waals surface area contributed by atoms with Crippen molar-refractivity contribution in [2.45, 2.75) is 213 Å². The summed E-state index contributed by atoms with van der Waals surface area (Å²) < 4.78 is 10.6. The summed E-state index contributed by atoms with van der Waals surface area (Å²) in [6, 6.07) is 0. The Kier molecular flexibility index (Phi) is 39.5. The largest absolute Gasteiger partial charge is 0.462 e. The van der Waals surface area contributed by atoms with Gasteiger partial charge in [-0.1, -0.05) is 191 Å². The number of hydrogen-bond acceptors (Lipinski definition) is 5. The maximum Gasteiger partial charge on any atom is 0.306 e. The second kappa shape index (κ2) is 41.3. The highest BCUT2D eigenvalue weighted by molar-refractivity contribution is 5.70. The van der Waals surface area contributed by atoms with E-state index in [1.165, 1.54) is 128 Å². The number of unbranched alkanes of at least 4 members (excludes halogenated alkanes) is 22. The van der Waals surface area contributed by atoms with E-state index in [0.717, 1.165) is 44.9 Å². The summed E-state index contributed by atoms with van der Waals surface area (Å²) in [6.07, 6.45) is 51.8. The van der Waals surface area contributed by atoms with Crippen LogP contribution in [-0.2, 0) is 19.1 Å². The molecule has 0 saturated carbocycles. The van der Waals surface area contributed by atoms with E-state index in [1.54, 1.807) is 0 Å². The van der Waals surface area contributed by atoms with Crippen molar-refractivity contribution in [2.75, 3.05) is 13.2 Å². The first kappa shape index (κ1) is 47.9. The van der Waals surface area contributed by atoms with Gasteiger partial charge in [-0.25, -0.2) is 0 Å². The van der Waals surface area contributed by atoms with Crippen molar-refractivity contribution < 1.29 is 24.2 Å². The molecular formula is C45H80O5. The minimum absolute atomic E-state index is 0.0927. The molecule has 0 amide bonds. The van der Waals surface area contributed by atoms with E-state index in [2.05, 4.69) is 62.5 Å². The Morgan fingerprint density at radius 3 is 1.26 bits per heavy atom. The monoisotopic (exact) mass is 701 g/mol. The van der Waals surface area contributed by atoms with Gasteiger partial charge in [0, 0.05) is 12.8 Å². The molecule has 0 spiro atoms. The van der Waals surface area contributed by atoms with Crippen molar-refractivity contribution >= 4 is 11.9 Å². The number of aliphatic hydroxyl groups is 1. The van der Waals surface area contributed by atoms with Gasteiger partial charge in [-0.2, -0.15) is 0 Å². The van der Waals surface area contributed by atoms with Crippen LogP contribution in [0.5, 0.6) is 0 Å². The van der Waals surface area contributed by atoms with Gasteiger partial charge in [0.15, 0.2) is 6.10 Å². The molecule has 0 aliphatic carbocycles. The maximum absolute atomic E-state index is 12.2. The van der Waals surface area contributed by atoms with E-state index in [9.17, 15) is 14.7 Å². The van der Waals surface area contributed by atoms with Crippen molar-refractivity contribution in [1.29, 1.82) is 0 Å². The number of hydrogen-bond donors (Lipinski definition) is 1. The second-order valence-electron chi connectivity index (χ2n) is 14.1. The molecule has 5 heteroatoms. The Morgan fingerprint density at radius 1 is 0.460 bits per heavy atom. The lowest BCUT2D eigenvalue weighted by Crippen LogP contribution is -2.28. The number of ether oxygens (including phenoxy) is 2. The highest BCUT2D eigenvalue weighted by Crippen LogP contribution is 2.15. The molecule has 0 aliphatic heterocycles. The first-order chi connectivity index (χ1) is 24.6. The van der Waals surface area contributed by atoms with Gasteiger partial charge in [-0.15, -0.1) is 0 Å². The first-order valence-corrected chi connectivity index (χ1v) is 21.2. The van der Waals surface area contributed by atoms with Gasteiger partial charge in [0.25, 0.3) is 0 Å². The van der Waals surface area contributed by atoms with Crippen LogP contribution in [0.4, 0.5) is 0 Å². The third-order valence-corrected chi connectivity index (χ3v) is 9.13. The number of rotatable bonds is 38. The minimum atomic E-state index is -0.791. The fourth-order valence-corrected chi connectivity index (χ4v) is 5.90. The number of carbonyl (C=O) groups excluding carboxylic acids is 2. The van der Waals surface area contributed by atoms with Crippen LogP contribution in [0, 0.1) is 0 Å². The fourth-order valence-electron chi connectivity index (χ4n) is 5.90. The Morgan fingerprint density at radius 2 is 0.820 bits per heavy atom. The van der Waals surface area contributed by atoms with Crippen molar-refractivity contribution in [2.24, 2.45) is 0 Å². The molecule has 0 fully saturated rings. The summed E-state index contributed by atoms with van der Waals surface area (Å²) >= 11 is 0. The predicted octanol–water partition coefficient (Wildman–Crippen LogP) is 13.4. The van der Waals surface area contributed by atoms with Crippen LogP contribution in [-0.4, -0.2) is 36.4 Å². The van der Waals surface area contributed by atoms with Crippen LogP contribution in [0.25, 0.3) is 0 Å². The number of allylic oxidation sites excluding steroid dienone is 8. The minimum Gasteiger partial charge on any atom is -0.462 e. The lowest BCUT2D eigenvalue weighted by molar-refractivity contribution is -0.161. The molecule has 0 bridgehead atoms. The molecule has 0 saturated heterocycles. The fraction of sp³-hybridized carbons (Fsp3) is 0.778. The first-order valence-electron chi connectivity index (χ1n) is 21.2. The third kappa shape index (κ3) is 38.7. The smallest absolute Gasteiger partial charge is 0.306 e. The van der Waals surface area contributed by atoms with Gasteiger partial charge in [0.05, 0.1) is 6.61 Å². The SMILES string of the molecule is CCCCC/C=C\C/C=C\C/C=C\C/C=C\CCCC(=O)OC[C@H](CO)OC(=O)CCCCCCCCCCCCCCCCCCCCC. The van der Waals surface area contributed by atoms with Crippen LogP contribution in [0.15, 0.2) is 48.6 Å². The molecule has 0 aliphatic rings. The van der Waals surface area contributed by atoms with Gasteiger partial charge in [-0.05, 0) is 51.4 Å². The van der Waals surface area contributed by atoms with E-state index in [1.807, 2.05) is 0 Å². The van der Waals surface area contributed by atoms with E-state index in [-0.39, 0.29) is 25.2 Å². The lowest BCUT2D eigenvalue weighted by atomic mass is 10.0. The normalized spacial score (nSPS) is 12.6. The lowest BCUT2D eigenvalue weighted by Gasteiger charge is -2.15. The van der Waals surface area contributed by atoms with E-state index in [0.29, 0.717) is 19.3 Å². The van der Waals surface area contributed by atoms with Gasteiger partial charge >= 0.3 is 11.9 Å². The summed E-state index contributed by atoms with van der Waals surface area (Å²) in [5, 5.41) is 9.56. The van der Waals surface area contributed by atoms with Crippen molar-refractivity contribution in [3.05, 3.63) is 48.6 Å². The summed E-state index contributed by atoms with van der Waals surface area (Å²) in [5.41, 5.74) is 0. The quantitative estimate of drug-likeness (QED) is 0.0394. The molecule has 50 heavy (non-hydrogen) atoms. The topological polar surface area (TPSA) is 72.8 Å². The van der Waals surface area contributed by atoms with Gasteiger partial charge in [0.2, 0.25) is 0 Å². The summed E-state index contributed by atoms with van der Waals surface area (Å²) in [6.45, 7) is 4.07. The average molecular weight is 701 g/mol. The van der Waals surface area contributed by atoms with E-state index >= 15 is 0 Å². The zero-order valence-corrected chi connectivity index (χ0v) is 32.9. The molecule has 0 aromatic heterocycles. The maximum atomic E-state index is 12.2. The van der Waals surface area contributed by atoms with Gasteiger partial charge in [0.1, 0.15) is 6.61 Å². The highest BCUT2D eigenvalue weighted by Gasteiger charge is 2.16. The van der Waals surface area contributed by atoms with Gasteiger partial charge in [-0.3, -0.25) is 9.59 Å². The summed E-state index contributed by atoms with van der Waals surface area (Å²) in [5.74, 6) is -0.651. The van der Waals surface area contributed by atoms with Crippen LogP contribution >= 0.6 is 0 Å².